The number of esters is 1. The van der Waals surface area contributed by atoms with Crippen molar-refractivity contribution in [1.82, 2.24) is 4.57 Å². The van der Waals surface area contributed by atoms with Gasteiger partial charge in [0.1, 0.15) is 0 Å². The van der Waals surface area contributed by atoms with Crippen LogP contribution in [0.15, 0.2) is 63.5 Å². The number of carbonyl (C=O) groups excluding carboxylic acids is 1. The number of hydrogen-bond donors (Lipinski definition) is 0. The van der Waals surface area contributed by atoms with E-state index < -0.39 is 12.0 Å². The van der Waals surface area contributed by atoms with Crippen molar-refractivity contribution in [3.8, 4) is 11.5 Å². The minimum absolute atomic E-state index is 0.261. The van der Waals surface area contributed by atoms with Crippen LogP contribution in [0.5, 0.6) is 11.5 Å². The van der Waals surface area contributed by atoms with Gasteiger partial charge >= 0.3 is 5.97 Å². The maximum absolute atomic E-state index is 13.7. The molecule has 0 amide bonds. The highest BCUT2D eigenvalue weighted by atomic mass is 35.5. The molecule has 4 rings (SSSR count). The molecule has 3 aromatic rings. The second-order valence-corrected chi connectivity index (χ2v) is 9.08. The van der Waals surface area contributed by atoms with E-state index in [1.54, 1.807) is 22.8 Å². The molecule has 0 N–H and O–H groups in total. The second kappa shape index (κ2) is 10.5. The zero-order valence-electron chi connectivity index (χ0n) is 19.8. The molecule has 7 nitrogen and oxygen atoms in total. The molecule has 0 spiro atoms. The SMILES string of the molecule is CCOc1c(Cl)cc(/C=c2\sc3n(c2=O)[C@@H](c2ccccc2)C(C(=O)OC)=C(CC)N=3)cc1OC. The van der Waals surface area contributed by atoms with Crippen molar-refractivity contribution in [2.75, 3.05) is 20.8 Å². The van der Waals surface area contributed by atoms with E-state index in [0.29, 0.717) is 55.7 Å². The van der Waals surface area contributed by atoms with Crippen LogP contribution in [0.25, 0.3) is 6.08 Å². The molecule has 1 aromatic heterocycles. The Kier molecular flexibility index (Phi) is 7.42. The molecule has 9 heteroatoms. The zero-order valence-corrected chi connectivity index (χ0v) is 21.4. The Morgan fingerprint density at radius 3 is 2.57 bits per heavy atom. The number of nitrogens with zero attached hydrogens (tertiary/aromatic N) is 2. The van der Waals surface area contributed by atoms with E-state index in [0.717, 1.165) is 5.56 Å². The van der Waals surface area contributed by atoms with Gasteiger partial charge < -0.3 is 14.2 Å². The predicted molar refractivity (Wildman–Crippen MR) is 136 cm³/mol. The lowest BCUT2D eigenvalue weighted by atomic mass is 9.95. The summed E-state index contributed by atoms with van der Waals surface area (Å²) in [6.45, 7) is 4.23. The van der Waals surface area contributed by atoms with Gasteiger partial charge in [0.2, 0.25) is 0 Å². The molecule has 0 saturated carbocycles. The van der Waals surface area contributed by atoms with Crippen LogP contribution in [0.4, 0.5) is 0 Å². The van der Waals surface area contributed by atoms with Crippen molar-refractivity contribution in [3.63, 3.8) is 0 Å². The summed E-state index contributed by atoms with van der Waals surface area (Å²) in [6, 6.07) is 12.3. The normalized spacial score (nSPS) is 15.5. The first kappa shape index (κ1) is 24.8. The van der Waals surface area contributed by atoms with Gasteiger partial charge in [-0.15, -0.1) is 0 Å². The van der Waals surface area contributed by atoms with Crippen LogP contribution in [-0.2, 0) is 9.53 Å². The highest BCUT2D eigenvalue weighted by Gasteiger charge is 2.33. The first-order valence-corrected chi connectivity index (χ1v) is 12.3. The summed E-state index contributed by atoms with van der Waals surface area (Å²) in [4.78, 5) is 31.7. The number of aromatic nitrogens is 1. The molecule has 35 heavy (non-hydrogen) atoms. The number of methoxy groups -OCH3 is 2. The summed E-state index contributed by atoms with van der Waals surface area (Å²) in [5, 5.41) is 0.383. The molecular formula is C26H25ClN2O5S. The van der Waals surface area contributed by atoms with Crippen molar-refractivity contribution in [1.29, 1.82) is 0 Å². The molecule has 182 valence electrons. The summed E-state index contributed by atoms with van der Waals surface area (Å²) < 4.78 is 18.1. The number of hydrogen-bond acceptors (Lipinski definition) is 7. The van der Waals surface area contributed by atoms with Gasteiger partial charge in [-0.3, -0.25) is 9.36 Å². The number of rotatable bonds is 7. The second-order valence-electron chi connectivity index (χ2n) is 7.67. The molecule has 1 atom stereocenters. The predicted octanol–water partition coefficient (Wildman–Crippen LogP) is 3.86. The third-order valence-corrected chi connectivity index (χ3v) is 6.87. The molecule has 0 fully saturated rings. The van der Waals surface area contributed by atoms with Gasteiger partial charge in [-0.2, -0.15) is 0 Å². The fourth-order valence-electron chi connectivity index (χ4n) is 4.07. The Bertz CT molecular complexity index is 1470. The van der Waals surface area contributed by atoms with Crippen LogP contribution >= 0.6 is 22.9 Å². The largest absolute Gasteiger partial charge is 0.493 e. The number of halogens is 1. The first-order chi connectivity index (χ1) is 16.9. The lowest BCUT2D eigenvalue weighted by Crippen LogP contribution is -2.40. The van der Waals surface area contributed by atoms with Gasteiger partial charge in [0, 0.05) is 0 Å². The Labute approximate surface area is 211 Å². The number of carbonyl (C=O) groups is 1. The smallest absolute Gasteiger partial charge is 0.338 e. The maximum Gasteiger partial charge on any atom is 0.338 e. The Morgan fingerprint density at radius 1 is 1.20 bits per heavy atom. The van der Waals surface area contributed by atoms with E-state index in [-0.39, 0.29) is 5.56 Å². The van der Waals surface area contributed by atoms with Crippen LogP contribution in [0.1, 0.15) is 37.4 Å². The van der Waals surface area contributed by atoms with Crippen molar-refractivity contribution in [2.45, 2.75) is 26.3 Å². The number of thiazole rings is 1. The molecular weight excluding hydrogens is 488 g/mol. The minimum atomic E-state index is -0.643. The van der Waals surface area contributed by atoms with Crippen molar-refractivity contribution < 1.29 is 19.0 Å². The van der Waals surface area contributed by atoms with E-state index in [9.17, 15) is 9.59 Å². The Hall–Kier alpha value is -3.36. The quantitative estimate of drug-likeness (QED) is 0.449. The third kappa shape index (κ3) is 4.63. The summed E-state index contributed by atoms with van der Waals surface area (Å²) in [7, 11) is 2.87. The fraction of sp³-hybridized carbons (Fsp3) is 0.269. The number of allylic oxidation sites excluding steroid dienone is 1. The van der Waals surface area contributed by atoms with Gasteiger partial charge in [-0.05, 0) is 42.7 Å². The van der Waals surface area contributed by atoms with Gasteiger partial charge in [-0.25, -0.2) is 9.79 Å². The highest BCUT2D eigenvalue weighted by molar-refractivity contribution is 7.07. The van der Waals surface area contributed by atoms with Crippen LogP contribution in [0, 0.1) is 0 Å². The average Bonchev–Trinajstić information content (AvgIpc) is 3.18. The summed E-state index contributed by atoms with van der Waals surface area (Å²) in [6.07, 6.45) is 2.26. The number of fused-ring (bicyclic) bond motifs is 1. The van der Waals surface area contributed by atoms with E-state index in [2.05, 4.69) is 4.99 Å². The van der Waals surface area contributed by atoms with Gasteiger partial charge in [-0.1, -0.05) is 60.2 Å². The summed E-state index contributed by atoms with van der Waals surface area (Å²) >= 11 is 7.68. The Balaban J connectivity index is 1.95. The van der Waals surface area contributed by atoms with Gasteiger partial charge in [0.25, 0.3) is 5.56 Å². The number of benzene rings is 2. The molecule has 2 aromatic carbocycles. The van der Waals surface area contributed by atoms with E-state index in [1.165, 1.54) is 25.6 Å². The van der Waals surface area contributed by atoms with Crippen LogP contribution < -0.4 is 24.4 Å². The molecule has 1 aliphatic rings. The minimum Gasteiger partial charge on any atom is -0.493 e. The molecule has 0 saturated heterocycles. The molecule has 2 heterocycles. The van der Waals surface area contributed by atoms with Crippen molar-refractivity contribution in [2.24, 2.45) is 4.99 Å². The summed E-state index contributed by atoms with van der Waals surface area (Å²) in [5.74, 6) is 0.424. The monoisotopic (exact) mass is 512 g/mol. The molecule has 0 unspecified atom stereocenters. The molecule has 0 radical (unpaired) electrons. The number of ether oxygens (including phenoxy) is 3. The maximum atomic E-state index is 13.7. The Morgan fingerprint density at radius 2 is 1.94 bits per heavy atom. The van der Waals surface area contributed by atoms with Crippen LogP contribution in [0.3, 0.4) is 0 Å². The first-order valence-electron chi connectivity index (χ1n) is 11.1. The van der Waals surface area contributed by atoms with E-state index in [4.69, 9.17) is 25.8 Å². The molecule has 0 aliphatic carbocycles. The molecule has 1 aliphatic heterocycles. The average molecular weight is 513 g/mol. The van der Waals surface area contributed by atoms with Crippen molar-refractivity contribution in [3.05, 3.63) is 89.6 Å². The van der Waals surface area contributed by atoms with Crippen LogP contribution in [0.2, 0.25) is 5.02 Å². The lowest BCUT2D eigenvalue weighted by Gasteiger charge is -2.25. The van der Waals surface area contributed by atoms with Gasteiger partial charge in [0.15, 0.2) is 16.3 Å². The van der Waals surface area contributed by atoms with Gasteiger partial charge in [0.05, 0.1) is 47.7 Å². The zero-order chi connectivity index (χ0) is 25.1. The third-order valence-electron chi connectivity index (χ3n) is 5.60. The van der Waals surface area contributed by atoms with E-state index in [1.807, 2.05) is 44.2 Å². The van der Waals surface area contributed by atoms with Crippen LogP contribution in [-0.4, -0.2) is 31.4 Å². The summed E-state index contributed by atoms with van der Waals surface area (Å²) in [5.41, 5.74) is 2.19. The van der Waals surface area contributed by atoms with E-state index >= 15 is 0 Å². The highest BCUT2D eigenvalue weighted by Crippen LogP contribution is 2.36. The topological polar surface area (TPSA) is 79.1 Å². The fourth-order valence-corrected chi connectivity index (χ4v) is 5.37. The molecule has 0 bridgehead atoms. The van der Waals surface area contributed by atoms with Crippen molar-refractivity contribution >= 4 is 35.0 Å². The lowest BCUT2D eigenvalue weighted by molar-refractivity contribution is -0.136. The standard InChI is InChI=1S/C26H25ClN2O5S/c1-5-18-21(25(31)33-4)22(16-10-8-7-9-11-16)29-24(30)20(35-26(29)28-18)14-15-12-17(27)23(34-6-2)19(13-15)32-3/h7-14,22H,5-6H2,1-4H3/b20-14-/t22-/m0/s1.